The molecule has 5 nitrogen and oxygen atoms in total. The fourth-order valence-electron chi connectivity index (χ4n) is 5.96. The minimum absolute atomic E-state index is 0.312. The van der Waals surface area contributed by atoms with Crippen molar-refractivity contribution in [2.75, 3.05) is 18.4 Å². The molecule has 184 valence electrons. The van der Waals surface area contributed by atoms with Crippen LogP contribution >= 0.6 is 0 Å². The van der Waals surface area contributed by atoms with Gasteiger partial charge >= 0.3 is 5.97 Å². The molecule has 0 amide bonds. The molecule has 5 heteroatoms. The summed E-state index contributed by atoms with van der Waals surface area (Å²) in [5.41, 5.74) is 5.17. The van der Waals surface area contributed by atoms with Gasteiger partial charge in [0, 0.05) is 34.6 Å². The molecule has 37 heavy (non-hydrogen) atoms. The molecule has 7 rings (SSSR count). The van der Waals surface area contributed by atoms with Gasteiger partial charge < -0.3 is 14.8 Å². The molecule has 0 radical (unpaired) electrons. The van der Waals surface area contributed by atoms with Gasteiger partial charge in [-0.05, 0) is 74.0 Å². The van der Waals surface area contributed by atoms with Gasteiger partial charge in [-0.1, -0.05) is 55.0 Å². The van der Waals surface area contributed by atoms with Crippen molar-refractivity contribution >= 4 is 17.3 Å². The van der Waals surface area contributed by atoms with E-state index in [-0.39, 0.29) is 5.97 Å². The summed E-state index contributed by atoms with van der Waals surface area (Å²) in [7, 11) is 0. The molecule has 1 fully saturated rings. The van der Waals surface area contributed by atoms with E-state index >= 15 is 0 Å². The number of hydrogen-bond donors (Lipinski definition) is 1. The first-order valence-electron chi connectivity index (χ1n) is 13.0. The van der Waals surface area contributed by atoms with E-state index in [0.717, 1.165) is 53.4 Å². The number of para-hydroxylation sites is 1. The molecular formula is C32H28N2O3. The number of benzene rings is 4. The van der Waals surface area contributed by atoms with Crippen molar-refractivity contribution in [3.63, 3.8) is 0 Å². The lowest BCUT2D eigenvalue weighted by Crippen LogP contribution is -2.33. The van der Waals surface area contributed by atoms with Crippen molar-refractivity contribution in [2.45, 2.75) is 31.4 Å². The Labute approximate surface area is 216 Å². The molecule has 1 unspecified atom stereocenters. The third kappa shape index (κ3) is 3.69. The Bertz CT molecular complexity index is 1490. The van der Waals surface area contributed by atoms with Crippen molar-refractivity contribution in [3.8, 4) is 11.5 Å². The van der Waals surface area contributed by atoms with Crippen LogP contribution in [0.5, 0.6) is 11.5 Å². The average molecular weight is 489 g/mol. The molecule has 3 aliphatic heterocycles. The van der Waals surface area contributed by atoms with Gasteiger partial charge in [0.1, 0.15) is 11.5 Å². The van der Waals surface area contributed by atoms with Gasteiger partial charge in [-0.3, -0.25) is 4.90 Å². The number of nitrogens with zero attached hydrogens (tertiary/aromatic N) is 1. The zero-order valence-corrected chi connectivity index (χ0v) is 20.6. The van der Waals surface area contributed by atoms with E-state index in [9.17, 15) is 4.79 Å². The molecule has 0 bridgehead atoms. The molecule has 1 spiro atoms. The predicted octanol–water partition coefficient (Wildman–Crippen LogP) is 6.98. The number of hydrogen-bond acceptors (Lipinski definition) is 5. The number of ether oxygens (including phenoxy) is 2. The van der Waals surface area contributed by atoms with Crippen LogP contribution in [-0.2, 0) is 16.9 Å². The first kappa shape index (κ1) is 22.1. The lowest BCUT2D eigenvalue weighted by Gasteiger charge is -2.37. The van der Waals surface area contributed by atoms with Gasteiger partial charge in [0.05, 0.1) is 5.56 Å². The quantitative estimate of drug-likeness (QED) is 0.314. The van der Waals surface area contributed by atoms with Crippen LogP contribution in [0.3, 0.4) is 0 Å². The van der Waals surface area contributed by atoms with E-state index in [4.69, 9.17) is 9.47 Å². The molecule has 4 aromatic carbocycles. The average Bonchev–Trinajstić information content (AvgIpc) is 3.23. The minimum Gasteiger partial charge on any atom is -0.456 e. The van der Waals surface area contributed by atoms with Crippen LogP contribution in [0.1, 0.15) is 51.9 Å². The number of fused-ring (bicyclic) bond motifs is 6. The van der Waals surface area contributed by atoms with Crippen LogP contribution in [-0.4, -0.2) is 24.0 Å². The predicted molar refractivity (Wildman–Crippen MR) is 144 cm³/mol. The van der Waals surface area contributed by atoms with Gasteiger partial charge in [-0.25, -0.2) is 4.79 Å². The number of carbonyl (C=O) groups is 1. The van der Waals surface area contributed by atoms with Crippen molar-refractivity contribution < 1.29 is 14.3 Å². The van der Waals surface area contributed by atoms with Crippen LogP contribution in [0.2, 0.25) is 0 Å². The second-order valence-electron chi connectivity index (χ2n) is 10.1. The summed E-state index contributed by atoms with van der Waals surface area (Å²) >= 11 is 0. The highest BCUT2D eigenvalue weighted by Crippen LogP contribution is 2.56. The maximum atomic E-state index is 13.2. The van der Waals surface area contributed by atoms with Crippen LogP contribution in [0.4, 0.5) is 11.4 Å². The highest BCUT2D eigenvalue weighted by molar-refractivity contribution is 5.97. The smallest absolute Gasteiger partial charge is 0.340 e. The first-order valence-corrected chi connectivity index (χ1v) is 13.0. The van der Waals surface area contributed by atoms with Gasteiger partial charge in [0.2, 0.25) is 0 Å². The third-order valence-electron chi connectivity index (χ3n) is 7.69. The zero-order chi connectivity index (χ0) is 24.8. The van der Waals surface area contributed by atoms with Gasteiger partial charge in [0.25, 0.3) is 0 Å². The highest BCUT2D eigenvalue weighted by Gasteiger charge is 2.53. The SMILES string of the molecule is O=C1OC2(c3ccc(CN4CCCCC4)cc3Oc3ccc(Nc4ccccc4)cc32)c2ccccc21. The lowest BCUT2D eigenvalue weighted by atomic mass is 9.77. The Kier molecular flexibility index (Phi) is 5.26. The topological polar surface area (TPSA) is 50.8 Å². The fourth-order valence-corrected chi connectivity index (χ4v) is 5.96. The number of nitrogens with one attached hydrogen (secondary N) is 1. The van der Waals surface area contributed by atoms with Crippen LogP contribution in [0, 0.1) is 0 Å². The van der Waals surface area contributed by atoms with Crippen LogP contribution in [0.25, 0.3) is 0 Å². The van der Waals surface area contributed by atoms with Crippen LogP contribution in [0.15, 0.2) is 91.0 Å². The molecule has 3 heterocycles. The zero-order valence-electron chi connectivity index (χ0n) is 20.6. The second-order valence-corrected chi connectivity index (χ2v) is 10.1. The monoisotopic (exact) mass is 488 g/mol. The number of carbonyl (C=O) groups excluding carboxylic acids is 1. The van der Waals surface area contributed by atoms with Gasteiger partial charge in [-0.2, -0.15) is 0 Å². The largest absolute Gasteiger partial charge is 0.456 e. The van der Waals surface area contributed by atoms with Crippen molar-refractivity contribution in [1.82, 2.24) is 4.90 Å². The summed E-state index contributed by atoms with van der Waals surface area (Å²) in [5.74, 6) is 1.13. The van der Waals surface area contributed by atoms with Crippen molar-refractivity contribution in [2.24, 2.45) is 0 Å². The number of piperidine rings is 1. The van der Waals surface area contributed by atoms with E-state index in [1.54, 1.807) is 0 Å². The van der Waals surface area contributed by atoms with E-state index in [1.165, 1.54) is 24.8 Å². The van der Waals surface area contributed by atoms with E-state index in [0.29, 0.717) is 11.3 Å². The number of esters is 1. The van der Waals surface area contributed by atoms with Gasteiger partial charge in [0.15, 0.2) is 5.60 Å². The molecule has 1 N–H and O–H groups in total. The normalized spacial score (nSPS) is 19.9. The van der Waals surface area contributed by atoms with Crippen LogP contribution < -0.4 is 10.1 Å². The second kappa shape index (κ2) is 8.79. The third-order valence-corrected chi connectivity index (χ3v) is 7.69. The standard InChI is InChI=1S/C32H28N2O3/c35-31-25-11-5-6-12-26(25)32(37-31)27-15-13-22(21-34-17-7-2-8-18-34)19-30(27)36-29-16-14-24(20-28(29)32)33-23-9-3-1-4-10-23/h1,3-6,9-16,19-20,33H,2,7-8,17-18,21H2. The molecule has 3 aliphatic rings. The summed E-state index contributed by atoms with van der Waals surface area (Å²) in [6, 6.07) is 30.1. The molecule has 4 aromatic rings. The van der Waals surface area contributed by atoms with Crippen molar-refractivity contribution in [1.29, 1.82) is 0 Å². The molecule has 1 saturated heterocycles. The molecule has 0 aromatic heterocycles. The Balaban J connectivity index is 1.35. The van der Waals surface area contributed by atoms with Crippen molar-refractivity contribution in [3.05, 3.63) is 119 Å². The molecule has 1 atom stereocenters. The maximum absolute atomic E-state index is 13.2. The highest BCUT2D eigenvalue weighted by atomic mass is 16.6. The number of rotatable bonds is 4. The van der Waals surface area contributed by atoms with E-state index < -0.39 is 5.60 Å². The Morgan fingerprint density at radius 1 is 0.730 bits per heavy atom. The van der Waals surface area contributed by atoms with E-state index in [1.807, 2.05) is 72.8 Å². The summed E-state index contributed by atoms with van der Waals surface area (Å²) in [6.07, 6.45) is 3.82. The summed E-state index contributed by atoms with van der Waals surface area (Å²) in [4.78, 5) is 15.7. The lowest BCUT2D eigenvalue weighted by molar-refractivity contribution is 0.0224. The Morgan fingerprint density at radius 3 is 2.41 bits per heavy atom. The van der Waals surface area contributed by atoms with Gasteiger partial charge in [-0.15, -0.1) is 0 Å². The maximum Gasteiger partial charge on any atom is 0.340 e. The molecular weight excluding hydrogens is 460 g/mol. The number of anilines is 2. The summed E-state index contributed by atoms with van der Waals surface area (Å²) < 4.78 is 12.9. The molecule has 0 aliphatic carbocycles. The minimum atomic E-state index is -1.06. The van der Waals surface area contributed by atoms with E-state index in [2.05, 4.69) is 28.4 Å². The first-order chi connectivity index (χ1) is 18.2. The summed E-state index contributed by atoms with van der Waals surface area (Å²) in [6.45, 7) is 3.16. The Hall–Kier alpha value is -4.09. The fraction of sp³-hybridized carbons (Fsp3) is 0.219. The number of likely N-dealkylation sites (tertiary alicyclic amines) is 1. The molecule has 0 saturated carbocycles. The summed E-state index contributed by atoms with van der Waals surface area (Å²) in [5, 5.41) is 3.47. The Morgan fingerprint density at radius 2 is 1.54 bits per heavy atom.